The number of halogens is 1. The van der Waals surface area contributed by atoms with Crippen LogP contribution in [-0.4, -0.2) is 22.9 Å². The third-order valence-electron chi connectivity index (χ3n) is 4.11. The normalized spacial score (nSPS) is 17.6. The second-order valence-corrected chi connectivity index (χ2v) is 6.55. The third-order valence-corrected chi connectivity index (χ3v) is 4.89. The predicted molar refractivity (Wildman–Crippen MR) is 85.1 cm³/mol. The zero-order chi connectivity index (χ0) is 14.7. The van der Waals surface area contributed by atoms with Crippen molar-refractivity contribution >= 4 is 21.8 Å². The Labute approximate surface area is 129 Å². The fourth-order valence-electron chi connectivity index (χ4n) is 2.27. The molecule has 0 radical (unpaired) electrons. The summed E-state index contributed by atoms with van der Waals surface area (Å²) in [6, 6.07) is 8.06. The Balaban J connectivity index is 2.12. The van der Waals surface area contributed by atoms with Crippen molar-refractivity contribution in [2.24, 2.45) is 11.7 Å². The van der Waals surface area contributed by atoms with Gasteiger partial charge in [-0.15, -0.1) is 0 Å². The molecular formula is C16H23BrN2O. The number of amides is 1. The molecule has 0 bridgehead atoms. The van der Waals surface area contributed by atoms with E-state index >= 15 is 0 Å². The van der Waals surface area contributed by atoms with Crippen molar-refractivity contribution in [2.75, 3.05) is 0 Å². The number of carbonyl (C=O) groups excluding carboxylic acids is 1. The smallest absolute Gasteiger partial charge is 0.240 e. The maximum Gasteiger partial charge on any atom is 0.240 e. The average Bonchev–Trinajstić information content (AvgIpc) is 3.28. The Hall–Kier alpha value is -0.870. The monoisotopic (exact) mass is 338 g/mol. The number of carbonyl (C=O) groups is 1. The first kappa shape index (κ1) is 15.5. The molecule has 0 aliphatic heterocycles. The highest BCUT2D eigenvalue weighted by Gasteiger charge is 2.36. The lowest BCUT2D eigenvalue weighted by molar-refractivity contribution is -0.135. The molecule has 1 amide bonds. The lowest BCUT2D eigenvalue weighted by Crippen LogP contribution is -2.47. The van der Waals surface area contributed by atoms with E-state index in [-0.39, 0.29) is 17.9 Å². The van der Waals surface area contributed by atoms with Crippen LogP contribution in [0.25, 0.3) is 0 Å². The second-order valence-electron chi connectivity index (χ2n) is 5.70. The Bertz CT molecular complexity index is 473. The van der Waals surface area contributed by atoms with E-state index in [1.807, 2.05) is 30.0 Å². The first-order chi connectivity index (χ1) is 9.54. The molecule has 1 fully saturated rings. The van der Waals surface area contributed by atoms with E-state index in [0.717, 1.165) is 29.3 Å². The molecule has 20 heavy (non-hydrogen) atoms. The van der Waals surface area contributed by atoms with Crippen LogP contribution >= 0.6 is 15.9 Å². The summed E-state index contributed by atoms with van der Waals surface area (Å²) in [5.41, 5.74) is 7.27. The molecular weight excluding hydrogens is 316 g/mol. The summed E-state index contributed by atoms with van der Waals surface area (Å²) in [6.07, 6.45) is 3.13. The van der Waals surface area contributed by atoms with E-state index in [1.54, 1.807) is 0 Å². The number of nitrogens with two attached hydrogens (primary N) is 1. The average molecular weight is 339 g/mol. The van der Waals surface area contributed by atoms with Crippen LogP contribution in [0.4, 0.5) is 0 Å². The van der Waals surface area contributed by atoms with Gasteiger partial charge in [-0.05, 0) is 30.4 Å². The van der Waals surface area contributed by atoms with E-state index in [1.165, 1.54) is 0 Å². The van der Waals surface area contributed by atoms with Crippen LogP contribution in [0.3, 0.4) is 0 Å². The Morgan fingerprint density at radius 2 is 2.10 bits per heavy atom. The van der Waals surface area contributed by atoms with Gasteiger partial charge in [0.1, 0.15) is 0 Å². The SMILES string of the molecule is CC[C@H](C)[C@H](N)C(=O)N(Cc1ccccc1Br)C1CC1. The third kappa shape index (κ3) is 3.61. The van der Waals surface area contributed by atoms with E-state index in [0.29, 0.717) is 12.6 Å². The molecule has 1 saturated carbocycles. The summed E-state index contributed by atoms with van der Waals surface area (Å²) in [4.78, 5) is 14.6. The molecule has 1 aromatic rings. The van der Waals surface area contributed by atoms with E-state index in [9.17, 15) is 4.79 Å². The highest BCUT2D eigenvalue weighted by Crippen LogP contribution is 2.31. The minimum atomic E-state index is -0.386. The quantitative estimate of drug-likeness (QED) is 0.864. The fraction of sp³-hybridized carbons (Fsp3) is 0.562. The Morgan fingerprint density at radius 3 is 2.65 bits per heavy atom. The number of rotatable bonds is 6. The standard InChI is InChI=1S/C16H23BrN2O/c1-3-11(2)15(18)16(20)19(13-8-9-13)10-12-6-4-5-7-14(12)17/h4-7,11,13,15H,3,8-10,18H2,1-2H3/t11-,15-/m0/s1. The van der Waals surface area contributed by atoms with Gasteiger partial charge in [-0.3, -0.25) is 4.79 Å². The van der Waals surface area contributed by atoms with Crippen molar-refractivity contribution in [1.29, 1.82) is 0 Å². The van der Waals surface area contributed by atoms with Crippen molar-refractivity contribution in [3.05, 3.63) is 34.3 Å². The topological polar surface area (TPSA) is 46.3 Å². The van der Waals surface area contributed by atoms with E-state index < -0.39 is 0 Å². The van der Waals surface area contributed by atoms with Gasteiger partial charge in [-0.1, -0.05) is 54.4 Å². The molecule has 2 N–H and O–H groups in total. The van der Waals surface area contributed by atoms with Crippen molar-refractivity contribution < 1.29 is 4.79 Å². The Morgan fingerprint density at radius 1 is 1.45 bits per heavy atom. The maximum atomic E-state index is 12.6. The molecule has 0 unspecified atom stereocenters. The highest BCUT2D eigenvalue weighted by atomic mass is 79.9. The summed E-state index contributed by atoms with van der Waals surface area (Å²) in [5.74, 6) is 0.320. The predicted octanol–water partition coefficient (Wildman–Crippen LogP) is 3.31. The minimum absolute atomic E-state index is 0.0950. The zero-order valence-electron chi connectivity index (χ0n) is 12.2. The number of nitrogens with zero attached hydrogens (tertiary/aromatic N) is 1. The summed E-state index contributed by atoms with van der Waals surface area (Å²) < 4.78 is 1.05. The van der Waals surface area contributed by atoms with Crippen molar-refractivity contribution in [2.45, 2.75) is 51.7 Å². The van der Waals surface area contributed by atoms with Crippen LogP contribution in [0, 0.1) is 5.92 Å². The van der Waals surface area contributed by atoms with Crippen LogP contribution in [0.1, 0.15) is 38.7 Å². The van der Waals surface area contributed by atoms with Crippen molar-refractivity contribution in [1.82, 2.24) is 4.90 Å². The van der Waals surface area contributed by atoms with Gasteiger partial charge >= 0.3 is 0 Å². The molecule has 1 aliphatic rings. The van der Waals surface area contributed by atoms with Gasteiger partial charge in [0.15, 0.2) is 0 Å². The molecule has 2 rings (SSSR count). The van der Waals surface area contributed by atoms with Gasteiger partial charge < -0.3 is 10.6 Å². The Kier molecular flexibility index (Phi) is 5.22. The molecule has 0 heterocycles. The summed E-state index contributed by atoms with van der Waals surface area (Å²) in [6.45, 7) is 4.77. The number of hydrogen-bond donors (Lipinski definition) is 1. The van der Waals surface area contributed by atoms with E-state index in [2.05, 4.69) is 28.9 Å². The molecule has 4 heteroatoms. The van der Waals surface area contributed by atoms with Crippen LogP contribution in [0.15, 0.2) is 28.7 Å². The molecule has 1 aliphatic carbocycles. The summed E-state index contributed by atoms with van der Waals surface area (Å²) in [7, 11) is 0. The lowest BCUT2D eigenvalue weighted by atomic mass is 9.98. The molecule has 2 atom stereocenters. The van der Waals surface area contributed by atoms with Gasteiger partial charge in [0, 0.05) is 17.1 Å². The maximum absolute atomic E-state index is 12.6. The number of benzene rings is 1. The first-order valence-electron chi connectivity index (χ1n) is 7.34. The molecule has 0 saturated heterocycles. The summed E-state index contributed by atoms with van der Waals surface area (Å²) >= 11 is 3.55. The van der Waals surface area contributed by atoms with Crippen molar-refractivity contribution in [3.8, 4) is 0 Å². The van der Waals surface area contributed by atoms with E-state index in [4.69, 9.17) is 5.73 Å². The molecule has 0 spiro atoms. The summed E-state index contributed by atoms with van der Waals surface area (Å²) in [5, 5.41) is 0. The van der Waals surface area contributed by atoms with Gasteiger partial charge in [-0.2, -0.15) is 0 Å². The van der Waals surface area contributed by atoms with Gasteiger partial charge in [0.05, 0.1) is 6.04 Å². The molecule has 110 valence electrons. The van der Waals surface area contributed by atoms with Gasteiger partial charge in [0.25, 0.3) is 0 Å². The molecule has 0 aromatic heterocycles. The zero-order valence-corrected chi connectivity index (χ0v) is 13.8. The van der Waals surface area contributed by atoms with Crippen LogP contribution in [0.2, 0.25) is 0 Å². The van der Waals surface area contributed by atoms with Crippen LogP contribution in [0.5, 0.6) is 0 Å². The second kappa shape index (κ2) is 6.72. The fourth-order valence-corrected chi connectivity index (χ4v) is 2.68. The van der Waals surface area contributed by atoms with Gasteiger partial charge in [-0.25, -0.2) is 0 Å². The van der Waals surface area contributed by atoms with Crippen LogP contribution < -0.4 is 5.73 Å². The van der Waals surface area contributed by atoms with Gasteiger partial charge in [0.2, 0.25) is 5.91 Å². The first-order valence-corrected chi connectivity index (χ1v) is 8.13. The number of hydrogen-bond acceptors (Lipinski definition) is 2. The highest BCUT2D eigenvalue weighted by molar-refractivity contribution is 9.10. The lowest BCUT2D eigenvalue weighted by Gasteiger charge is -2.28. The van der Waals surface area contributed by atoms with Crippen LogP contribution in [-0.2, 0) is 11.3 Å². The molecule has 3 nitrogen and oxygen atoms in total. The largest absolute Gasteiger partial charge is 0.334 e. The molecule has 1 aromatic carbocycles. The van der Waals surface area contributed by atoms with Crippen molar-refractivity contribution in [3.63, 3.8) is 0 Å². The minimum Gasteiger partial charge on any atom is -0.334 e.